The fourth-order valence-corrected chi connectivity index (χ4v) is 1.90. The van der Waals surface area contributed by atoms with Crippen LogP contribution >= 0.6 is 0 Å². The van der Waals surface area contributed by atoms with Crippen molar-refractivity contribution in [3.05, 3.63) is 11.6 Å². The normalized spacial score (nSPS) is 23.4. The van der Waals surface area contributed by atoms with Gasteiger partial charge in [0.15, 0.2) is 5.82 Å². The molecule has 78 valence electrons. The molecular formula is C10H18N4. The van der Waals surface area contributed by atoms with Crippen LogP contribution < -0.4 is 5.32 Å². The van der Waals surface area contributed by atoms with Crippen molar-refractivity contribution in [1.29, 1.82) is 0 Å². The molecule has 4 heteroatoms. The summed E-state index contributed by atoms with van der Waals surface area (Å²) in [5.41, 5.74) is 0. The van der Waals surface area contributed by atoms with E-state index in [4.69, 9.17) is 0 Å². The van der Waals surface area contributed by atoms with Crippen LogP contribution in [0.5, 0.6) is 0 Å². The molecule has 1 N–H and O–H groups in total. The molecule has 4 nitrogen and oxygen atoms in total. The number of aryl methyl sites for hydroxylation is 2. The molecule has 0 saturated carbocycles. The van der Waals surface area contributed by atoms with Crippen molar-refractivity contribution >= 4 is 0 Å². The monoisotopic (exact) mass is 194 g/mol. The van der Waals surface area contributed by atoms with Crippen molar-refractivity contribution < 1.29 is 0 Å². The van der Waals surface area contributed by atoms with E-state index in [9.17, 15) is 0 Å². The highest BCUT2D eigenvalue weighted by Gasteiger charge is 2.18. The van der Waals surface area contributed by atoms with Crippen molar-refractivity contribution in [3.8, 4) is 0 Å². The highest BCUT2D eigenvalue weighted by Crippen LogP contribution is 2.20. The summed E-state index contributed by atoms with van der Waals surface area (Å²) in [6.45, 7) is 4.17. The summed E-state index contributed by atoms with van der Waals surface area (Å²) in [4.78, 5) is 4.49. The minimum absolute atomic E-state index is 0.511. The van der Waals surface area contributed by atoms with Gasteiger partial charge in [-0.25, -0.2) is 4.98 Å². The van der Waals surface area contributed by atoms with Crippen LogP contribution in [0.2, 0.25) is 0 Å². The molecule has 1 aliphatic rings. The molecule has 0 radical (unpaired) electrons. The van der Waals surface area contributed by atoms with E-state index in [1.807, 2.05) is 18.7 Å². The molecule has 1 atom stereocenters. The molecule has 0 bridgehead atoms. The Bertz CT molecular complexity index is 278. The van der Waals surface area contributed by atoms with Gasteiger partial charge >= 0.3 is 0 Å². The molecule has 1 aromatic rings. The van der Waals surface area contributed by atoms with E-state index in [0.717, 1.165) is 24.7 Å². The first-order valence-corrected chi connectivity index (χ1v) is 5.35. The average Bonchev–Trinajstić information content (AvgIpc) is 2.46. The quantitative estimate of drug-likeness (QED) is 0.724. The molecule has 0 aliphatic carbocycles. The lowest BCUT2D eigenvalue weighted by atomic mass is 10.0. The van der Waals surface area contributed by atoms with Crippen LogP contribution in [0.25, 0.3) is 0 Å². The maximum absolute atomic E-state index is 4.49. The van der Waals surface area contributed by atoms with Gasteiger partial charge < -0.3 is 5.32 Å². The van der Waals surface area contributed by atoms with E-state index >= 15 is 0 Å². The summed E-state index contributed by atoms with van der Waals surface area (Å²) in [6, 6.07) is 0. The van der Waals surface area contributed by atoms with Gasteiger partial charge in [0.25, 0.3) is 0 Å². The van der Waals surface area contributed by atoms with Gasteiger partial charge in [0.2, 0.25) is 0 Å². The molecule has 1 aromatic heterocycles. The number of hydrogen-bond donors (Lipinski definition) is 1. The molecular weight excluding hydrogens is 176 g/mol. The van der Waals surface area contributed by atoms with Gasteiger partial charge in [-0.1, -0.05) is 6.42 Å². The zero-order valence-electron chi connectivity index (χ0n) is 8.95. The lowest BCUT2D eigenvalue weighted by Crippen LogP contribution is -2.20. The fraction of sp³-hybridized carbons (Fsp3) is 0.800. The summed E-state index contributed by atoms with van der Waals surface area (Å²) in [6.07, 6.45) is 3.79. The molecule has 14 heavy (non-hydrogen) atoms. The lowest BCUT2D eigenvalue weighted by Gasteiger charge is -2.08. The summed E-state index contributed by atoms with van der Waals surface area (Å²) < 4.78 is 1.86. The predicted molar refractivity (Wildman–Crippen MR) is 55.2 cm³/mol. The Hall–Kier alpha value is -0.900. The fourth-order valence-electron chi connectivity index (χ4n) is 1.90. The second-order valence-electron chi connectivity index (χ2n) is 4.04. The van der Waals surface area contributed by atoms with Gasteiger partial charge in [0.1, 0.15) is 5.82 Å². The zero-order chi connectivity index (χ0) is 9.97. The van der Waals surface area contributed by atoms with Crippen molar-refractivity contribution in [2.24, 2.45) is 7.05 Å². The predicted octanol–water partition coefficient (Wildman–Crippen LogP) is 0.981. The van der Waals surface area contributed by atoms with Crippen molar-refractivity contribution in [2.45, 2.75) is 32.1 Å². The van der Waals surface area contributed by atoms with Crippen LogP contribution in [0.4, 0.5) is 0 Å². The average molecular weight is 194 g/mol. The second kappa shape index (κ2) is 4.09. The largest absolute Gasteiger partial charge is 0.316 e. The van der Waals surface area contributed by atoms with Crippen LogP contribution in [0.1, 0.15) is 36.8 Å². The minimum Gasteiger partial charge on any atom is -0.316 e. The van der Waals surface area contributed by atoms with Crippen LogP contribution in [0, 0.1) is 6.92 Å². The second-order valence-corrected chi connectivity index (χ2v) is 4.04. The first-order chi connectivity index (χ1) is 6.77. The lowest BCUT2D eigenvalue weighted by molar-refractivity contribution is 0.571. The SMILES string of the molecule is Cc1nc(C2CCCCNC2)nn1C. The summed E-state index contributed by atoms with van der Waals surface area (Å²) >= 11 is 0. The van der Waals surface area contributed by atoms with E-state index < -0.39 is 0 Å². The third kappa shape index (κ3) is 1.95. The molecule has 2 rings (SSSR count). The molecule has 0 spiro atoms. The van der Waals surface area contributed by atoms with E-state index in [1.165, 1.54) is 19.3 Å². The van der Waals surface area contributed by atoms with Gasteiger partial charge in [-0.05, 0) is 26.3 Å². The Morgan fingerprint density at radius 3 is 3.00 bits per heavy atom. The van der Waals surface area contributed by atoms with E-state index in [0.29, 0.717) is 5.92 Å². The first kappa shape index (κ1) is 9.65. The molecule has 1 saturated heterocycles. The standard InChI is InChI=1S/C10H18N4/c1-8-12-10(13-14(8)2)9-5-3-4-6-11-7-9/h9,11H,3-7H2,1-2H3. The zero-order valence-corrected chi connectivity index (χ0v) is 8.95. The van der Waals surface area contributed by atoms with Crippen LogP contribution in [0.15, 0.2) is 0 Å². The number of hydrogen-bond acceptors (Lipinski definition) is 3. The molecule has 0 aromatic carbocycles. The number of nitrogens with zero attached hydrogens (tertiary/aromatic N) is 3. The summed E-state index contributed by atoms with van der Waals surface area (Å²) in [7, 11) is 1.95. The number of nitrogens with one attached hydrogen (secondary N) is 1. The Labute approximate surface area is 84.7 Å². The molecule has 1 unspecified atom stereocenters. The summed E-state index contributed by atoms with van der Waals surface area (Å²) in [5.74, 6) is 2.53. The maximum atomic E-state index is 4.49. The number of aromatic nitrogens is 3. The third-order valence-corrected chi connectivity index (χ3v) is 2.91. The van der Waals surface area contributed by atoms with E-state index in [1.54, 1.807) is 0 Å². The first-order valence-electron chi connectivity index (χ1n) is 5.35. The Morgan fingerprint density at radius 1 is 1.43 bits per heavy atom. The molecule has 1 aliphatic heterocycles. The van der Waals surface area contributed by atoms with Crippen molar-refractivity contribution in [1.82, 2.24) is 20.1 Å². The van der Waals surface area contributed by atoms with Crippen molar-refractivity contribution in [3.63, 3.8) is 0 Å². The van der Waals surface area contributed by atoms with Crippen molar-refractivity contribution in [2.75, 3.05) is 13.1 Å². The topological polar surface area (TPSA) is 42.7 Å². The van der Waals surface area contributed by atoms with Gasteiger partial charge in [-0.15, -0.1) is 0 Å². The molecule has 0 amide bonds. The Morgan fingerprint density at radius 2 is 2.29 bits per heavy atom. The van der Waals surface area contributed by atoms with Gasteiger partial charge in [0.05, 0.1) is 0 Å². The minimum atomic E-state index is 0.511. The number of rotatable bonds is 1. The van der Waals surface area contributed by atoms with Crippen LogP contribution in [-0.4, -0.2) is 27.9 Å². The van der Waals surface area contributed by atoms with Gasteiger partial charge in [-0.3, -0.25) is 4.68 Å². The van der Waals surface area contributed by atoms with Gasteiger partial charge in [0, 0.05) is 19.5 Å². The molecule has 1 fully saturated rings. The van der Waals surface area contributed by atoms with E-state index in [-0.39, 0.29) is 0 Å². The Balaban J connectivity index is 2.12. The third-order valence-electron chi connectivity index (χ3n) is 2.91. The van der Waals surface area contributed by atoms with Gasteiger partial charge in [-0.2, -0.15) is 5.10 Å². The van der Waals surface area contributed by atoms with Crippen LogP contribution in [-0.2, 0) is 7.05 Å². The molecule has 2 heterocycles. The maximum Gasteiger partial charge on any atom is 0.155 e. The smallest absolute Gasteiger partial charge is 0.155 e. The highest BCUT2D eigenvalue weighted by atomic mass is 15.3. The van der Waals surface area contributed by atoms with E-state index in [2.05, 4.69) is 15.4 Å². The Kier molecular flexibility index (Phi) is 2.82. The van der Waals surface area contributed by atoms with Crippen LogP contribution in [0.3, 0.4) is 0 Å². The highest BCUT2D eigenvalue weighted by molar-refractivity contribution is 4.99. The summed E-state index contributed by atoms with van der Waals surface area (Å²) in [5, 5.41) is 7.88.